The maximum atomic E-state index is 12.6. The van der Waals surface area contributed by atoms with Gasteiger partial charge in [0, 0.05) is 18.0 Å². The highest BCUT2D eigenvalue weighted by molar-refractivity contribution is 7.10. The Hall–Kier alpha value is -1.40. The molecule has 0 fully saturated rings. The zero-order chi connectivity index (χ0) is 15.4. The lowest BCUT2D eigenvalue weighted by Gasteiger charge is -2.33. The zero-order valence-electron chi connectivity index (χ0n) is 12.5. The average Bonchev–Trinajstić information content (AvgIpc) is 2.92. The molecule has 0 bridgehead atoms. The van der Waals surface area contributed by atoms with Crippen LogP contribution in [0.15, 0.2) is 11.4 Å². The highest BCUT2D eigenvalue weighted by Gasteiger charge is 2.29. The molecule has 2 rings (SSSR count). The molecule has 0 radical (unpaired) electrons. The number of amides is 1. The van der Waals surface area contributed by atoms with Gasteiger partial charge in [-0.2, -0.15) is 0 Å². The molecule has 0 spiro atoms. The fourth-order valence-electron chi connectivity index (χ4n) is 2.73. The van der Waals surface area contributed by atoms with E-state index in [0.717, 1.165) is 19.4 Å². The Kier molecular flexibility index (Phi) is 5.36. The first-order chi connectivity index (χ1) is 10.0. The fourth-order valence-corrected chi connectivity index (χ4v) is 3.62. The normalized spacial score (nSPS) is 15.9. The van der Waals surface area contributed by atoms with Crippen LogP contribution in [0.5, 0.6) is 0 Å². The molecule has 1 aromatic rings. The van der Waals surface area contributed by atoms with Crippen molar-refractivity contribution >= 4 is 23.2 Å². The van der Waals surface area contributed by atoms with Crippen LogP contribution in [0.1, 0.15) is 30.7 Å². The smallest absolute Gasteiger partial charge is 0.317 e. The van der Waals surface area contributed by atoms with Crippen LogP contribution in [0.4, 0.5) is 0 Å². The van der Waals surface area contributed by atoms with Crippen LogP contribution in [0.2, 0.25) is 0 Å². The molecule has 2 heterocycles. The summed E-state index contributed by atoms with van der Waals surface area (Å²) in [5, 5.41) is 11.1. The summed E-state index contributed by atoms with van der Waals surface area (Å²) in [5.74, 6) is -0.858. The minimum Gasteiger partial charge on any atom is -0.480 e. The number of rotatable bonds is 6. The number of hydrogen-bond donors (Lipinski definition) is 1. The van der Waals surface area contributed by atoms with E-state index >= 15 is 0 Å². The standard InChI is InChI=1S/C15H22N2O3S/c1-3-6-16(10-14(18)19)11(2)15(20)17-7-4-13-12(9-17)5-8-21-13/h5,8,11H,3-4,6-7,9-10H2,1-2H3,(H,18,19). The van der Waals surface area contributed by atoms with Crippen LogP contribution < -0.4 is 0 Å². The summed E-state index contributed by atoms with van der Waals surface area (Å²) in [6.07, 6.45) is 1.73. The van der Waals surface area contributed by atoms with Gasteiger partial charge < -0.3 is 10.0 Å². The predicted molar refractivity (Wildman–Crippen MR) is 82.4 cm³/mol. The third-order valence-corrected chi connectivity index (χ3v) is 4.90. The van der Waals surface area contributed by atoms with Gasteiger partial charge in [-0.25, -0.2) is 0 Å². The number of nitrogens with zero attached hydrogens (tertiary/aromatic N) is 2. The van der Waals surface area contributed by atoms with E-state index in [1.165, 1.54) is 10.4 Å². The lowest BCUT2D eigenvalue weighted by molar-refractivity contribution is -0.142. The van der Waals surface area contributed by atoms with E-state index in [2.05, 4.69) is 11.4 Å². The number of fused-ring (bicyclic) bond motifs is 1. The summed E-state index contributed by atoms with van der Waals surface area (Å²) in [7, 11) is 0. The molecule has 1 aliphatic heterocycles. The molecule has 5 nitrogen and oxygen atoms in total. The summed E-state index contributed by atoms with van der Waals surface area (Å²) in [4.78, 5) is 28.5. The molecule has 1 amide bonds. The molecule has 1 aromatic heterocycles. The Morgan fingerprint density at radius 3 is 2.95 bits per heavy atom. The van der Waals surface area contributed by atoms with Crippen LogP contribution >= 0.6 is 11.3 Å². The number of hydrogen-bond acceptors (Lipinski definition) is 4. The highest BCUT2D eigenvalue weighted by atomic mass is 32.1. The Morgan fingerprint density at radius 1 is 1.52 bits per heavy atom. The van der Waals surface area contributed by atoms with E-state index in [1.807, 2.05) is 18.7 Å². The number of carbonyl (C=O) groups is 2. The lowest BCUT2D eigenvalue weighted by atomic mass is 10.1. The quantitative estimate of drug-likeness (QED) is 0.870. The minimum absolute atomic E-state index is 0.0292. The summed E-state index contributed by atoms with van der Waals surface area (Å²) in [5.41, 5.74) is 1.23. The van der Waals surface area contributed by atoms with Crippen molar-refractivity contribution in [1.82, 2.24) is 9.80 Å². The first-order valence-corrected chi connectivity index (χ1v) is 8.20. The molecule has 1 aliphatic rings. The summed E-state index contributed by atoms with van der Waals surface area (Å²) < 4.78 is 0. The molecular weight excluding hydrogens is 288 g/mol. The average molecular weight is 310 g/mol. The van der Waals surface area contributed by atoms with E-state index < -0.39 is 5.97 Å². The zero-order valence-corrected chi connectivity index (χ0v) is 13.4. The summed E-state index contributed by atoms with van der Waals surface area (Å²) in [6, 6.07) is 1.69. The van der Waals surface area contributed by atoms with E-state index in [4.69, 9.17) is 5.11 Å². The number of carboxylic acid groups (broad SMARTS) is 1. The third-order valence-electron chi connectivity index (χ3n) is 3.87. The van der Waals surface area contributed by atoms with Crippen LogP contribution in [0.25, 0.3) is 0 Å². The molecule has 1 atom stereocenters. The maximum absolute atomic E-state index is 12.6. The molecule has 116 valence electrons. The first-order valence-electron chi connectivity index (χ1n) is 7.32. The highest BCUT2D eigenvalue weighted by Crippen LogP contribution is 2.24. The molecule has 21 heavy (non-hydrogen) atoms. The van der Waals surface area contributed by atoms with Gasteiger partial charge in [0.05, 0.1) is 12.6 Å². The van der Waals surface area contributed by atoms with Gasteiger partial charge in [-0.05, 0) is 43.3 Å². The van der Waals surface area contributed by atoms with E-state index in [9.17, 15) is 9.59 Å². The van der Waals surface area contributed by atoms with Crippen molar-refractivity contribution in [3.8, 4) is 0 Å². The van der Waals surface area contributed by atoms with Gasteiger partial charge in [0.15, 0.2) is 0 Å². The van der Waals surface area contributed by atoms with Crippen molar-refractivity contribution in [1.29, 1.82) is 0 Å². The summed E-state index contributed by atoms with van der Waals surface area (Å²) >= 11 is 1.74. The molecule has 0 aromatic carbocycles. The number of aliphatic carboxylic acids is 1. The topological polar surface area (TPSA) is 60.9 Å². The van der Waals surface area contributed by atoms with E-state index in [1.54, 1.807) is 16.2 Å². The Balaban J connectivity index is 2.02. The van der Waals surface area contributed by atoms with Crippen LogP contribution in [-0.4, -0.2) is 52.5 Å². The van der Waals surface area contributed by atoms with Crippen molar-refractivity contribution in [2.75, 3.05) is 19.6 Å². The Morgan fingerprint density at radius 2 is 2.29 bits per heavy atom. The Labute approximate surface area is 129 Å². The van der Waals surface area contributed by atoms with Crippen molar-refractivity contribution in [3.63, 3.8) is 0 Å². The van der Waals surface area contributed by atoms with Crippen LogP contribution in [0.3, 0.4) is 0 Å². The largest absolute Gasteiger partial charge is 0.480 e. The second kappa shape index (κ2) is 7.04. The number of thiophene rings is 1. The molecule has 1 unspecified atom stereocenters. The molecule has 0 aliphatic carbocycles. The second-order valence-corrected chi connectivity index (χ2v) is 6.42. The first kappa shape index (κ1) is 16.0. The fraction of sp³-hybridized carbons (Fsp3) is 0.600. The van der Waals surface area contributed by atoms with Gasteiger partial charge in [0.2, 0.25) is 5.91 Å². The second-order valence-electron chi connectivity index (χ2n) is 5.42. The predicted octanol–water partition coefficient (Wildman–Crippen LogP) is 1.82. The Bertz CT molecular complexity index is 515. The SMILES string of the molecule is CCCN(CC(=O)O)C(C)C(=O)N1CCc2sccc2C1. The van der Waals surface area contributed by atoms with Crippen LogP contribution in [-0.2, 0) is 22.6 Å². The van der Waals surface area contributed by atoms with Gasteiger partial charge in [-0.1, -0.05) is 6.92 Å². The minimum atomic E-state index is -0.887. The van der Waals surface area contributed by atoms with E-state index in [-0.39, 0.29) is 18.5 Å². The van der Waals surface area contributed by atoms with Crippen molar-refractivity contribution in [2.24, 2.45) is 0 Å². The maximum Gasteiger partial charge on any atom is 0.317 e. The number of carboxylic acids is 1. The van der Waals surface area contributed by atoms with Gasteiger partial charge in [0.1, 0.15) is 0 Å². The van der Waals surface area contributed by atoms with Gasteiger partial charge in [-0.3, -0.25) is 14.5 Å². The molecule has 1 N–H and O–H groups in total. The van der Waals surface area contributed by atoms with Crippen molar-refractivity contribution in [2.45, 2.75) is 39.3 Å². The molecular formula is C15H22N2O3S. The molecule has 0 saturated carbocycles. The molecule has 0 saturated heterocycles. The van der Waals surface area contributed by atoms with Crippen molar-refractivity contribution < 1.29 is 14.7 Å². The monoisotopic (exact) mass is 310 g/mol. The molecule has 6 heteroatoms. The third kappa shape index (κ3) is 3.83. The van der Waals surface area contributed by atoms with Gasteiger partial charge >= 0.3 is 5.97 Å². The van der Waals surface area contributed by atoms with E-state index in [0.29, 0.717) is 13.1 Å². The summed E-state index contributed by atoms with van der Waals surface area (Å²) in [6.45, 7) is 5.71. The van der Waals surface area contributed by atoms with Gasteiger partial charge in [0.25, 0.3) is 0 Å². The van der Waals surface area contributed by atoms with Crippen LogP contribution in [0, 0.1) is 0 Å². The van der Waals surface area contributed by atoms with Gasteiger partial charge in [-0.15, -0.1) is 11.3 Å². The lowest BCUT2D eigenvalue weighted by Crippen LogP contribution is -2.50. The number of carbonyl (C=O) groups excluding carboxylic acids is 1. The van der Waals surface area contributed by atoms with Crippen molar-refractivity contribution in [3.05, 3.63) is 21.9 Å².